The fourth-order valence-electron chi connectivity index (χ4n) is 6.45. The van der Waals surface area contributed by atoms with Crippen molar-refractivity contribution in [3.8, 4) is 0 Å². The number of hydrogen-bond acceptors (Lipinski definition) is 2. The molecule has 6 rings (SSSR count). The zero-order valence-electron chi connectivity index (χ0n) is 16.4. The maximum atomic E-state index is 13.1. The molecule has 2 aromatic rings. The number of anilines is 1. The van der Waals surface area contributed by atoms with Crippen LogP contribution in [0.15, 0.2) is 47.4 Å². The quantitative estimate of drug-likeness (QED) is 0.549. The van der Waals surface area contributed by atoms with Gasteiger partial charge in [-0.2, -0.15) is 0 Å². The van der Waals surface area contributed by atoms with Gasteiger partial charge in [-0.15, -0.1) is 0 Å². The summed E-state index contributed by atoms with van der Waals surface area (Å²) < 4.78 is 27.5. The van der Waals surface area contributed by atoms with Crippen LogP contribution in [0.2, 0.25) is 10.0 Å². The molecule has 4 saturated carbocycles. The molecule has 0 spiro atoms. The Morgan fingerprint density at radius 1 is 0.897 bits per heavy atom. The summed E-state index contributed by atoms with van der Waals surface area (Å²) in [6, 6.07) is 12.7. The molecule has 4 aliphatic carbocycles. The first-order valence-corrected chi connectivity index (χ1v) is 12.5. The van der Waals surface area contributed by atoms with Gasteiger partial charge in [0.25, 0.3) is 10.0 Å². The predicted molar refractivity (Wildman–Crippen MR) is 118 cm³/mol. The first-order chi connectivity index (χ1) is 13.8. The smallest absolute Gasteiger partial charge is 0.265 e. The van der Waals surface area contributed by atoms with Crippen LogP contribution in [0, 0.1) is 17.8 Å². The van der Waals surface area contributed by atoms with Gasteiger partial charge in [0, 0.05) is 12.1 Å². The minimum atomic E-state index is -3.79. The largest absolute Gasteiger partial charge is 0.269 e. The summed E-state index contributed by atoms with van der Waals surface area (Å²) in [5.74, 6) is 2.65. The van der Waals surface area contributed by atoms with E-state index in [0.29, 0.717) is 16.1 Å². The molecule has 0 radical (unpaired) electrons. The lowest BCUT2D eigenvalue weighted by atomic mass is 9.48. The van der Waals surface area contributed by atoms with E-state index in [1.54, 1.807) is 13.1 Å². The van der Waals surface area contributed by atoms with Crippen molar-refractivity contribution in [1.82, 2.24) is 0 Å². The van der Waals surface area contributed by atoms with Gasteiger partial charge in [0.05, 0.1) is 10.7 Å². The van der Waals surface area contributed by atoms with Crippen LogP contribution >= 0.6 is 23.2 Å². The zero-order chi connectivity index (χ0) is 20.4. The molecule has 0 heterocycles. The lowest BCUT2D eigenvalue weighted by molar-refractivity contribution is -0.00518. The Labute approximate surface area is 183 Å². The van der Waals surface area contributed by atoms with Crippen molar-refractivity contribution in [3.63, 3.8) is 0 Å². The van der Waals surface area contributed by atoms with Crippen molar-refractivity contribution in [3.05, 3.63) is 58.1 Å². The Morgan fingerprint density at radius 2 is 1.45 bits per heavy atom. The number of hydrogen-bond donors (Lipinski definition) is 0. The summed E-state index contributed by atoms with van der Waals surface area (Å²) in [6.07, 6.45) is 8.13. The second kappa shape index (κ2) is 6.90. The summed E-state index contributed by atoms with van der Waals surface area (Å²) in [6.45, 7) is 0. The highest BCUT2D eigenvalue weighted by molar-refractivity contribution is 7.93. The average molecular weight is 450 g/mol. The molecule has 0 atom stereocenters. The maximum absolute atomic E-state index is 13.1. The summed E-state index contributed by atoms with van der Waals surface area (Å²) in [5.41, 5.74) is 2.32. The third-order valence-electron chi connectivity index (χ3n) is 7.41. The van der Waals surface area contributed by atoms with E-state index in [1.165, 1.54) is 60.5 Å². The minimum Gasteiger partial charge on any atom is -0.269 e. The zero-order valence-corrected chi connectivity index (χ0v) is 18.8. The van der Waals surface area contributed by atoms with Crippen molar-refractivity contribution >= 4 is 38.9 Å². The number of rotatable bonds is 4. The second-order valence-corrected chi connectivity index (χ2v) is 12.1. The molecule has 0 aliphatic heterocycles. The topological polar surface area (TPSA) is 37.4 Å². The molecule has 0 amide bonds. The van der Waals surface area contributed by atoms with E-state index in [0.717, 1.165) is 17.8 Å². The van der Waals surface area contributed by atoms with Gasteiger partial charge in [0.2, 0.25) is 0 Å². The van der Waals surface area contributed by atoms with E-state index in [9.17, 15) is 8.42 Å². The van der Waals surface area contributed by atoms with Crippen molar-refractivity contribution in [2.24, 2.45) is 17.8 Å². The Bertz CT molecular complexity index is 1010. The minimum absolute atomic E-state index is 0.0272. The molecule has 4 fully saturated rings. The highest BCUT2D eigenvalue weighted by Gasteiger charge is 2.51. The van der Waals surface area contributed by atoms with Crippen LogP contribution in [-0.2, 0) is 15.4 Å². The number of sulfonamides is 1. The molecule has 4 aliphatic rings. The Morgan fingerprint density at radius 3 is 2.00 bits per heavy atom. The van der Waals surface area contributed by atoms with Gasteiger partial charge in [0.1, 0.15) is 4.90 Å². The number of halogens is 2. The van der Waals surface area contributed by atoms with E-state index in [2.05, 4.69) is 12.1 Å². The van der Waals surface area contributed by atoms with Crippen LogP contribution in [-0.4, -0.2) is 15.5 Å². The number of benzene rings is 2. The van der Waals surface area contributed by atoms with E-state index in [-0.39, 0.29) is 9.92 Å². The predicted octanol–water partition coefficient (Wildman–Crippen LogP) is 6.29. The van der Waals surface area contributed by atoms with Crippen LogP contribution in [0.3, 0.4) is 0 Å². The fraction of sp³-hybridized carbons (Fsp3) is 0.478. The summed E-state index contributed by atoms with van der Waals surface area (Å²) in [5, 5.41) is 0.518. The standard InChI is InChI=1S/C23H25Cl2NO2S/c1-26(29(27,28)22-11-19(24)4-7-21(22)25)20-5-2-18(3-6-20)23-12-15-8-16(13-23)10-17(9-15)14-23/h2-7,11,15-17H,8-10,12-14H2,1H3. The van der Waals surface area contributed by atoms with Gasteiger partial charge >= 0.3 is 0 Å². The maximum Gasteiger partial charge on any atom is 0.265 e. The van der Waals surface area contributed by atoms with Gasteiger partial charge in [-0.3, -0.25) is 4.31 Å². The normalized spacial score (nSPS) is 30.5. The molecule has 3 nitrogen and oxygen atoms in total. The van der Waals surface area contributed by atoms with Crippen LogP contribution in [0.4, 0.5) is 5.69 Å². The van der Waals surface area contributed by atoms with Crippen molar-refractivity contribution < 1.29 is 8.42 Å². The Balaban J connectivity index is 1.44. The Hall–Kier alpha value is -1.23. The first kappa shape index (κ1) is 19.7. The lowest BCUT2D eigenvalue weighted by Crippen LogP contribution is -2.48. The third kappa shape index (κ3) is 3.28. The highest BCUT2D eigenvalue weighted by atomic mass is 35.5. The van der Waals surface area contributed by atoms with Gasteiger partial charge in [-0.25, -0.2) is 8.42 Å². The summed E-state index contributed by atoms with van der Waals surface area (Å²) in [7, 11) is -2.22. The Kier molecular flexibility index (Phi) is 4.69. The number of nitrogens with zero attached hydrogens (tertiary/aromatic N) is 1. The van der Waals surface area contributed by atoms with E-state index >= 15 is 0 Å². The molecule has 154 valence electrons. The fourth-order valence-corrected chi connectivity index (χ4v) is 8.38. The van der Waals surface area contributed by atoms with Gasteiger partial charge in [0.15, 0.2) is 0 Å². The molecule has 0 aromatic heterocycles. The van der Waals surface area contributed by atoms with Crippen LogP contribution < -0.4 is 4.31 Å². The van der Waals surface area contributed by atoms with Crippen LogP contribution in [0.5, 0.6) is 0 Å². The molecule has 29 heavy (non-hydrogen) atoms. The lowest BCUT2D eigenvalue weighted by Gasteiger charge is -2.57. The molecule has 2 aromatic carbocycles. The van der Waals surface area contributed by atoms with Gasteiger partial charge in [-0.05, 0) is 97.6 Å². The van der Waals surface area contributed by atoms with Gasteiger partial charge in [-0.1, -0.05) is 35.3 Å². The summed E-state index contributed by atoms with van der Waals surface area (Å²) >= 11 is 12.2. The van der Waals surface area contributed by atoms with E-state index in [4.69, 9.17) is 23.2 Å². The monoisotopic (exact) mass is 449 g/mol. The van der Waals surface area contributed by atoms with Crippen molar-refractivity contribution in [1.29, 1.82) is 0 Å². The average Bonchev–Trinajstić information content (AvgIpc) is 2.68. The third-order valence-corrected chi connectivity index (χ3v) is 9.92. The molecular formula is C23H25Cl2NO2S. The van der Waals surface area contributed by atoms with Crippen molar-refractivity contribution in [2.45, 2.75) is 48.8 Å². The molecule has 6 heteroatoms. The molecule has 4 bridgehead atoms. The highest BCUT2D eigenvalue weighted by Crippen LogP contribution is 2.60. The molecule has 0 unspecified atom stereocenters. The second-order valence-electron chi connectivity index (χ2n) is 9.29. The molecule has 0 saturated heterocycles. The van der Waals surface area contributed by atoms with Crippen LogP contribution in [0.1, 0.15) is 44.1 Å². The SMILES string of the molecule is CN(c1ccc(C23CC4CC(CC(C4)C2)C3)cc1)S(=O)(=O)c1cc(Cl)ccc1Cl. The van der Waals surface area contributed by atoms with E-state index in [1.807, 2.05) is 12.1 Å². The van der Waals surface area contributed by atoms with E-state index < -0.39 is 10.0 Å². The first-order valence-electron chi connectivity index (χ1n) is 10.3. The molecular weight excluding hydrogens is 425 g/mol. The summed E-state index contributed by atoms with van der Waals surface area (Å²) in [4.78, 5) is 0.0272. The van der Waals surface area contributed by atoms with Crippen LogP contribution in [0.25, 0.3) is 0 Å². The van der Waals surface area contributed by atoms with Crippen molar-refractivity contribution in [2.75, 3.05) is 11.4 Å². The van der Waals surface area contributed by atoms with Gasteiger partial charge < -0.3 is 0 Å². The molecule has 0 N–H and O–H groups in total.